The SMILES string of the molecule is CC(C)C(CC(=O)N1C[C@@H](CN)[C@H](c2ccccc2)C1)c1ccccc1. The van der Waals surface area contributed by atoms with Gasteiger partial charge in [-0.25, -0.2) is 0 Å². The van der Waals surface area contributed by atoms with Gasteiger partial charge in [0.25, 0.3) is 0 Å². The molecular weight excluding hydrogens is 320 g/mol. The first-order chi connectivity index (χ1) is 12.6. The van der Waals surface area contributed by atoms with Crippen LogP contribution in [0, 0.1) is 11.8 Å². The Balaban J connectivity index is 1.71. The number of likely N-dealkylation sites (tertiary alicyclic amines) is 1. The Morgan fingerprint density at radius 1 is 1.04 bits per heavy atom. The molecule has 0 spiro atoms. The smallest absolute Gasteiger partial charge is 0.223 e. The molecule has 2 aromatic rings. The van der Waals surface area contributed by atoms with E-state index in [1.165, 1.54) is 11.1 Å². The van der Waals surface area contributed by atoms with Crippen molar-refractivity contribution in [3.63, 3.8) is 0 Å². The van der Waals surface area contributed by atoms with Crippen LogP contribution in [-0.4, -0.2) is 30.4 Å². The lowest BCUT2D eigenvalue weighted by atomic mass is 9.85. The third-order valence-corrected chi connectivity index (χ3v) is 5.75. The molecule has 3 atom stereocenters. The van der Waals surface area contributed by atoms with Crippen molar-refractivity contribution in [1.82, 2.24) is 4.90 Å². The summed E-state index contributed by atoms with van der Waals surface area (Å²) in [5.74, 6) is 1.63. The Hall–Kier alpha value is -2.13. The van der Waals surface area contributed by atoms with E-state index >= 15 is 0 Å². The van der Waals surface area contributed by atoms with Gasteiger partial charge in [-0.3, -0.25) is 4.79 Å². The van der Waals surface area contributed by atoms with Crippen LogP contribution in [-0.2, 0) is 4.79 Å². The zero-order valence-corrected chi connectivity index (χ0v) is 15.8. The number of hydrogen-bond donors (Lipinski definition) is 1. The van der Waals surface area contributed by atoms with Crippen LogP contribution in [0.15, 0.2) is 60.7 Å². The molecular formula is C23H30N2O. The van der Waals surface area contributed by atoms with Crippen LogP contribution in [0.2, 0.25) is 0 Å². The minimum absolute atomic E-state index is 0.254. The van der Waals surface area contributed by atoms with E-state index in [9.17, 15) is 4.79 Å². The van der Waals surface area contributed by atoms with Gasteiger partial charge in [-0.05, 0) is 35.4 Å². The Labute approximate surface area is 157 Å². The number of nitrogens with zero attached hydrogens (tertiary/aromatic N) is 1. The van der Waals surface area contributed by atoms with Gasteiger partial charge in [0.1, 0.15) is 0 Å². The van der Waals surface area contributed by atoms with Gasteiger partial charge >= 0.3 is 0 Å². The summed E-state index contributed by atoms with van der Waals surface area (Å²) in [7, 11) is 0. The first-order valence-electron chi connectivity index (χ1n) is 9.68. The summed E-state index contributed by atoms with van der Waals surface area (Å²) in [5.41, 5.74) is 8.57. The number of amides is 1. The summed E-state index contributed by atoms with van der Waals surface area (Å²) >= 11 is 0. The number of benzene rings is 2. The van der Waals surface area contributed by atoms with Crippen LogP contribution in [0.1, 0.15) is 43.2 Å². The van der Waals surface area contributed by atoms with Crippen molar-refractivity contribution in [1.29, 1.82) is 0 Å². The van der Waals surface area contributed by atoms with Gasteiger partial charge < -0.3 is 10.6 Å². The molecule has 1 saturated heterocycles. The molecule has 0 bridgehead atoms. The van der Waals surface area contributed by atoms with E-state index in [-0.39, 0.29) is 11.8 Å². The molecule has 2 N–H and O–H groups in total. The lowest BCUT2D eigenvalue weighted by Gasteiger charge is -2.24. The van der Waals surface area contributed by atoms with E-state index < -0.39 is 0 Å². The number of carbonyl (C=O) groups is 1. The summed E-state index contributed by atoms with van der Waals surface area (Å²) in [6.45, 7) is 6.57. The second-order valence-corrected chi connectivity index (χ2v) is 7.78. The van der Waals surface area contributed by atoms with Crippen molar-refractivity contribution in [3.05, 3.63) is 71.8 Å². The summed E-state index contributed by atoms with van der Waals surface area (Å²) in [6.07, 6.45) is 0.570. The second kappa shape index (κ2) is 8.50. The molecule has 1 heterocycles. The summed E-state index contributed by atoms with van der Waals surface area (Å²) < 4.78 is 0. The van der Waals surface area contributed by atoms with E-state index in [0.717, 1.165) is 13.1 Å². The van der Waals surface area contributed by atoms with Crippen LogP contribution < -0.4 is 5.73 Å². The van der Waals surface area contributed by atoms with Gasteiger partial charge in [0.2, 0.25) is 5.91 Å². The summed E-state index contributed by atoms with van der Waals surface area (Å²) in [5, 5.41) is 0. The van der Waals surface area contributed by atoms with Crippen molar-refractivity contribution in [2.24, 2.45) is 17.6 Å². The molecule has 0 aliphatic carbocycles. The predicted octanol–water partition coefficient (Wildman–Crippen LogP) is 4.02. The van der Waals surface area contributed by atoms with Gasteiger partial charge in [-0.2, -0.15) is 0 Å². The molecule has 3 heteroatoms. The molecule has 1 amide bonds. The molecule has 1 fully saturated rings. The second-order valence-electron chi connectivity index (χ2n) is 7.78. The van der Waals surface area contributed by atoms with E-state index in [1.54, 1.807) is 0 Å². The van der Waals surface area contributed by atoms with Crippen LogP contribution in [0.4, 0.5) is 0 Å². The lowest BCUT2D eigenvalue weighted by molar-refractivity contribution is -0.131. The van der Waals surface area contributed by atoms with E-state index in [1.807, 2.05) is 17.0 Å². The fourth-order valence-corrected chi connectivity index (χ4v) is 4.15. The summed E-state index contributed by atoms with van der Waals surface area (Å²) in [4.78, 5) is 15.1. The van der Waals surface area contributed by atoms with Gasteiger partial charge in [0, 0.05) is 25.4 Å². The average Bonchev–Trinajstić information content (AvgIpc) is 3.11. The highest BCUT2D eigenvalue weighted by Crippen LogP contribution is 2.34. The number of rotatable bonds is 6. The van der Waals surface area contributed by atoms with E-state index in [0.29, 0.717) is 30.7 Å². The van der Waals surface area contributed by atoms with Gasteiger partial charge in [-0.1, -0.05) is 74.5 Å². The Bertz CT molecular complexity index is 699. The first-order valence-corrected chi connectivity index (χ1v) is 9.68. The van der Waals surface area contributed by atoms with Gasteiger partial charge in [0.15, 0.2) is 0 Å². The third-order valence-electron chi connectivity index (χ3n) is 5.75. The van der Waals surface area contributed by atoms with Crippen LogP contribution in [0.3, 0.4) is 0 Å². The molecule has 138 valence electrons. The van der Waals surface area contributed by atoms with Crippen molar-refractivity contribution < 1.29 is 4.79 Å². The zero-order chi connectivity index (χ0) is 18.5. The molecule has 26 heavy (non-hydrogen) atoms. The average molecular weight is 351 g/mol. The molecule has 0 radical (unpaired) electrons. The van der Waals surface area contributed by atoms with Crippen LogP contribution in [0.5, 0.6) is 0 Å². The monoisotopic (exact) mass is 350 g/mol. The van der Waals surface area contributed by atoms with Crippen molar-refractivity contribution >= 4 is 5.91 Å². The Morgan fingerprint density at radius 2 is 1.65 bits per heavy atom. The molecule has 3 nitrogen and oxygen atoms in total. The highest BCUT2D eigenvalue weighted by molar-refractivity contribution is 5.77. The lowest BCUT2D eigenvalue weighted by Crippen LogP contribution is -2.31. The first kappa shape index (κ1) is 18.7. The molecule has 1 aliphatic rings. The maximum absolute atomic E-state index is 13.1. The normalized spacial score (nSPS) is 21.2. The predicted molar refractivity (Wildman–Crippen MR) is 107 cm³/mol. The van der Waals surface area contributed by atoms with Gasteiger partial charge in [-0.15, -0.1) is 0 Å². The summed E-state index contributed by atoms with van der Waals surface area (Å²) in [6, 6.07) is 20.9. The maximum Gasteiger partial charge on any atom is 0.223 e. The quantitative estimate of drug-likeness (QED) is 0.855. The molecule has 1 aliphatic heterocycles. The van der Waals surface area contributed by atoms with Crippen molar-refractivity contribution in [2.75, 3.05) is 19.6 Å². The standard InChI is InChI=1S/C23H30N2O/c1-17(2)21(18-9-5-3-6-10-18)13-23(26)25-15-20(14-24)22(16-25)19-11-7-4-8-12-19/h3-12,17,20-22H,13-16,24H2,1-2H3/t20-,21?,22+/m1/s1. The maximum atomic E-state index is 13.1. The van der Waals surface area contributed by atoms with Crippen molar-refractivity contribution in [3.8, 4) is 0 Å². The van der Waals surface area contributed by atoms with Crippen molar-refractivity contribution in [2.45, 2.75) is 32.1 Å². The number of hydrogen-bond acceptors (Lipinski definition) is 2. The van der Waals surface area contributed by atoms with E-state index in [4.69, 9.17) is 5.73 Å². The molecule has 0 saturated carbocycles. The van der Waals surface area contributed by atoms with Crippen LogP contribution in [0.25, 0.3) is 0 Å². The number of nitrogens with two attached hydrogens (primary N) is 1. The fraction of sp³-hybridized carbons (Fsp3) is 0.435. The topological polar surface area (TPSA) is 46.3 Å². The third kappa shape index (κ3) is 4.16. The van der Waals surface area contributed by atoms with E-state index in [2.05, 4.69) is 62.4 Å². The highest BCUT2D eigenvalue weighted by atomic mass is 16.2. The number of carbonyl (C=O) groups excluding carboxylic acids is 1. The molecule has 1 unspecified atom stereocenters. The largest absolute Gasteiger partial charge is 0.342 e. The minimum atomic E-state index is 0.254. The minimum Gasteiger partial charge on any atom is -0.342 e. The van der Waals surface area contributed by atoms with Crippen LogP contribution >= 0.6 is 0 Å². The Morgan fingerprint density at radius 3 is 2.23 bits per heavy atom. The molecule has 3 rings (SSSR count). The zero-order valence-electron chi connectivity index (χ0n) is 15.8. The highest BCUT2D eigenvalue weighted by Gasteiger charge is 2.36. The van der Waals surface area contributed by atoms with Gasteiger partial charge in [0.05, 0.1) is 0 Å². The fourth-order valence-electron chi connectivity index (χ4n) is 4.15. The molecule has 2 aromatic carbocycles. The molecule has 0 aromatic heterocycles. The Kier molecular flexibility index (Phi) is 6.10.